The number of benzene rings is 1. The van der Waals surface area contributed by atoms with Crippen LogP contribution in [0.3, 0.4) is 0 Å². The van der Waals surface area contributed by atoms with Crippen molar-refractivity contribution in [2.75, 3.05) is 18.0 Å². The summed E-state index contributed by atoms with van der Waals surface area (Å²) in [5.41, 5.74) is 0.202. The summed E-state index contributed by atoms with van der Waals surface area (Å²) in [6, 6.07) is 8.16. The van der Waals surface area contributed by atoms with Gasteiger partial charge in [-0.2, -0.15) is 0 Å². The number of rotatable bonds is 4. The number of hydrogen-bond donors (Lipinski definition) is 0. The zero-order valence-electron chi connectivity index (χ0n) is 14.6. The third kappa shape index (κ3) is 2.83. The second kappa shape index (κ2) is 6.39. The van der Waals surface area contributed by atoms with Crippen molar-refractivity contribution in [2.24, 2.45) is 11.8 Å². The minimum Gasteiger partial charge on any atom is -0.422 e. The van der Waals surface area contributed by atoms with Gasteiger partial charge >= 0.3 is 11.9 Å². The van der Waals surface area contributed by atoms with Crippen LogP contribution in [0.5, 0.6) is 0 Å². The lowest BCUT2D eigenvalue weighted by atomic mass is 9.77. The van der Waals surface area contributed by atoms with Crippen LogP contribution in [0.2, 0.25) is 0 Å². The van der Waals surface area contributed by atoms with E-state index in [1.54, 1.807) is 0 Å². The Hall–Kier alpha value is -1.86. The molecule has 2 bridgehead atoms. The quantitative estimate of drug-likeness (QED) is 0.423. The zero-order chi connectivity index (χ0) is 18.5. The number of nitrogens with zero attached hydrogens (tertiary/aromatic N) is 1. The number of hydrogen-bond acceptors (Lipinski definition) is 6. The van der Waals surface area contributed by atoms with Crippen molar-refractivity contribution >= 4 is 33.6 Å². The van der Waals surface area contributed by atoms with Crippen LogP contribution in [0.15, 0.2) is 40.9 Å². The van der Waals surface area contributed by atoms with E-state index in [0.29, 0.717) is 0 Å². The van der Waals surface area contributed by atoms with Gasteiger partial charge in [-0.25, -0.2) is 0 Å². The summed E-state index contributed by atoms with van der Waals surface area (Å²) in [6.07, 6.45) is 2.76. The van der Waals surface area contributed by atoms with Gasteiger partial charge in [0.15, 0.2) is 5.60 Å². The van der Waals surface area contributed by atoms with E-state index in [9.17, 15) is 9.59 Å². The molecule has 4 unspecified atom stereocenters. The molecule has 2 fully saturated rings. The third-order valence-electron chi connectivity index (χ3n) is 5.34. The first-order valence-corrected chi connectivity index (χ1v) is 9.40. The van der Waals surface area contributed by atoms with Crippen LogP contribution in [-0.4, -0.2) is 43.0 Å². The van der Waals surface area contributed by atoms with Gasteiger partial charge in [-0.3, -0.25) is 9.59 Å². The molecule has 1 aromatic carbocycles. The average Bonchev–Trinajstić information content (AvgIpc) is 3.25. The maximum atomic E-state index is 11.6. The van der Waals surface area contributed by atoms with E-state index in [1.165, 1.54) is 13.8 Å². The van der Waals surface area contributed by atoms with E-state index in [4.69, 9.17) is 14.2 Å². The molecule has 0 spiro atoms. The number of carbonyl (C=O) groups is 2. The SMILES string of the molecule is CC(=O)OC(OC(C)=O)C12C=CC(O1)C1CN(c3cccc(Br)c3)CC12. The third-order valence-corrected chi connectivity index (χ3v) is 5.83. The van der Waals surface area contributed by atoms with Gasteiger partial charge in [0.1, 0.15) is 0 Å². The van der Waals surface area contributed by atoms with Crippen LogP contribution < -0.4 is 4.90 Å². The van der Waals surface area contributed by atoms with E-state index in [-0.39, 0.29) is 17.9 Å². The lowest BCUT2D eigenvalue weighted by Crippen LogP contribution is -2.51. The Morgan fingerprint density at radius 2 is 2.00 bits per heavy atom. The highest BCUT2D eigenvalue weighted by molar-refractivity contribution is 9.10. The van der Waals surface area contributed by atoms with Crippen molar-refractivity contribution in [2.45, 2.75) is 31.8 Å². The van der Waals surface area contributed by atoms with Crippen molar-refractivity contribution in [1.29, 1.82) is 0 Å². The summed E-state index contributed by atoms with van der Waals surface area (Å²) in [4.78, 5) is 25.4. The summed E-state index contributed by atoms with van der Waals surface area (Å²) < 4.78 is 17.9. The normalized spacial score (nSPS) is 31.4. The lowest BCUT2D eigenvalue weighted by Gasteiger charge is -2.35. The fraction of sp³-hybridized carbons (Fsp3) is 0.474. The number of esters is 2. The summed E-state index contributed by atoms with van der Waals surface area (Å²) in [5, 5.41) is 0. The second-order valence-electron chi connectivity index (χ2n) is 7.00. The van der Waals surface area contributed by atoms with Crippen molar-refractivity contribution in [3.05, 3.63) is 40.9 Å². The minimum atomic E-state index is -1.07. The Morgan fingerprint density at radius 3 is 2.65 bits per heavy atom. The Bertz CT molecular complexity index is 765. The highest BCUT2D eigenvalue weighted by atomic mass is 79.9. The summed E-state index contributed by atoms with van der Waals surface area (Å²) in [5.74, 6) is -0.680. The van der Waals surface area contributed by atoms with Gasteiger partial charge in [-0.05, 0) is 24.3 Å². The molecule has 6 nitrogen and oxygen atoms in total. The molecule has 0 saturated carbocycles. The molecule has 138 valence electrons. The maximum Gasteiger partial charge on any atom is 0.305 e. The second-order valence-corrected chi connectivity index (χ2v) is 7.92. The topological polar surface area (TPSA) is 65.1 Å². The van der Waals surface area contributed by atoms with Gasteiger partial charge in [0.25, 0.3) is 6.29 Å². The lowest BCUT2D eigenvalue weighted by molar-refractivity contribution is -0.226. The molecule has 3 aliphatic rings. The number of ether oxygens (including phenoxy) is 3. The molecule has 0 aliphatic carbocycles. The molecule has 4 atom stereocenters. The van der Waals surface area contributed by atoms with E-state index in [0.717, 1.165) is 23.2 Å². The Labute approximate surface area is 160 Å². The van der Waals surface area contributed by atoms with Gasteiger partial charge in [-0.1, -0.05) is 28.1 Å². The highest BCUT2D eigenvalue weighted by Gasteiger charge is 2.65. The standard InChI is InChI=1S/C19H20BrNO5/c1-11(22)24-18(25-12(2)23)19-7-6-17(26-19)15-9-21(10-16(15)19)14-5-3-4-13(20)8-14/h3-8,15-18H,9-10H2,1-2H3. The number of anilines is 1. The molecular weight excluding hydrogens is 402 g/mol. The molecule has 3 aliphatic heterocycles. The zero-order valence-corrected chi connectivity index (χ0v) is 16.1. The fourth-order valence-electron chi connectivity index (χ4n) is 4.34. The first-order valence-electron chi connectivity index (χ1n) is 8.61. The summed E-state index contributed by atoms with van der Waals surface area (Å²) in [7, 11) is 0. The van der Waals surface area contributed by atoms with Crippen LogP contribution in [0.1, 0.15) is 13.8 Å². The van der Waals surface area contributed by atoms with Gasteiger partial charge in [0.05, 0.1) is 6.10 Å². The number of halogens is 1. The monoisotopic (exact) mass is 421 g/mol. The molecule has 1 aromatic rings. The summed E-state index contributed by atoms with van der Waals surface area (Å²) in [6.45, 7) is 4.18. The Morgan fingerprint density at radius 1 is 1.27 bits per heavy atom. The smallest absolute Gasteiger partial charge is 0.305 e. The van der Waals surface area contributed by atoms with Crippen LogP contribution >= 0.6 is 15.9 Å². The average molecular weight is 422 g/mol. The first-order chi connectivity index (χ1) is 12.4. The number of fused-ring (bicyclic) bond motifs is 5. The molecule has 4 rings (SSSR count). The van der Waals surface area contributed by atoms with Crippen LogP contribution in [0.4, 0.5) is 5.69 Å². The van der Waals surface area contributed by atoms with Crippen molar-refractivity contribution in [1.82, 2.24) is 0 Å². The fourth-order valence-corrected chi connectivity index (χ4v) is 4.73. The molecule has 0 radical (unpaired) electrons. The van der Waals surface area contributed by atoms with E-state index in [1.807, 2.05) is 24.3 Å². The predicted octanol–water partition coefficient (Wildman–Crippen LogP) is 2.66. The molecule has 7 heteroatoms. The molecule has 0 N–H and O–H groups in total. The van der Waals surface area contributed by atoms with Crippen molar-refractivity contribution < 1.29 is 23.8 Å². The van der Waals surface area contributed by atoms with E-state index >= 15 is 0 Å². The molecule has 3 heterocycles. The van der Waals surface area contributed by atoms with Crippen LogP contribution in [0, 0.1) is 11.8 Å². The largest absolute Gasteiger partial charge is 0.422 e. The summed E-state index contributed by atoms with van der Waals surface area (Å²) >= 11 is 3.52. The first kappa shape index (κ1) is 17.5. The Kier molecular flexibility index (Phi) is 4.31. The van der Waals surface area contributed by atoms with Gasteiger partial charge in [0.2, 0.25) is 0 Å². The van der Waals surface area contributed by atoms with Crippen molar-refractivity contribution in [3.8, 4) is 0 Å². The maximum absolute atomic E-state index is 11.6. The minimum absolute atomic E-state index is 0.0641. The van der Waals surface area contributed by atoms with Crippen LogP contribution in [0.25, 0.3) is 0 Å². The van der Waals surface area contributed by atoms with E-state index in [2.05, 4.69) is 33.0 Å². The van der Waals surface area contributed by atoms with Crippen molar-refractivity contribution in [3.63, 3.8) is 0 Å². The van der Waals surface area contributed by atoms with Gasteiger partial charge in [-0.15, -0.1) is 0 Å². The molecule has 26 heavy (non-hydrogen) atoms. The highest BCUT2D eigenvalue weighted by Crippen LogP contribution is 2.53. The van der Waals surface area contributed by atoms with Gasteiger partial charge in [0, 0.05) is 48.9 Å². The molecule has 2 saturated heterocycles. The number of carbonyl (C=O) groups excluding carboxylic acids is 2. The predicted molar refractivity (Wildman–Crippen MR) is 97.4 cm³/mol. The van der Waals surface area contributed by atoms with E-state index < -0.39 is 23.8 Å². The van der Waals surface area contributed by atoms with Crippen LogP contribution in [-0.2, 0) is 23.8 Å². The molecular formula is C19H20BrNO5. The van der Waals surface area contributed by atoms with Gasteiger partial charge < -0.3 is 19.1 Å². The molecule has 0 amide bonds. The Balaban J connectivity index is 1.62. The molecule has 0 aromatic heterocycles.